The Morgan fingerprint density at radius 1 is 1.39 bits per heavy atom. The second-order valence-corrected chi connectivity index (χ2v) is 3.96. The molecule has 0 spiro atoms. The molecule has 6 heteroatoms. The summed E-state index contributed by atoms with van der Waals surface area (Å²) in [7, 11) is 1.88. The van der Waals surface area contributed by atoms with Crippen molar-refractivity contribution in [2.24, 2.45) is 7.05 Å². The van der Waals surface area contributed by atoms with Gasteiger partial charge in [0.15, 0.2) is 11.6 Å². The summed E-state index contributed by atoms with van der Waals surface area (Å²) in [4.78, 5) is 7.80. The summed E-state index contributed by atoms with van der Waals surface area (Å²) >= 11 is 0. The van der Waals surface area contributed by atoms with Crippen molar-refractivity contribution in [3.63, 3.8) is 0 Å². The third-order valence-electron chi connectivity index (χ3n) is 2.79. The van der Waals surface area contributed by atoms with E-state index in [0.29, 0.717) is 18.7 Å². The zero-order chi connectivity index (χ0) is 13.0. The van der Waals surface area contributed by atoms with Gasteiger partial charge in [0.1, 0.15) is 6.33 Å². The lowest BCUT2D eigenvalue weighted by Crippen LogP contribution is -2.11. The summed E-state index contributed by atoms with van der Waals surface area (Å²) in [5.74, 6) is -0.0889. The highest BCUT2D eigenvalue weighted by atomic mass is 19.1. The maximum atomic E-state index is 13.8. The quantitative estimate of drug-likeness (QED) is 0.873. The number of aryl methyl sites for hydroxylation is 2. The van der Waals surface area contributed by atoms with E-state index in [9.17, 15) is 4.39 Å². The van der Waals surface area contributed by atoms with Crippen LogP contribution in [0.25, 0.3) is 0 Å². The van der Waals surface area contributed by atoms with E-state index < -0.39 is 0 Å². The summed E-state index contributed by atoms with van der Waals surface area (Å²) < 4.78 is 15.6. The minimum absolute atomic E-state index is 0.268. The third kappa shape index (κ3) is 2.64. The molecule has 2 aromatic heterocycles. The van der Waals surface area contributed by atoms with Gasteiger partial charge in [-0.15, -0.1) is 0 Å². The Kier molecular flexibility index (Phi) is 3.86. The normalized spacial score (nSPS) is 10.6. The lowest BCUT2D eigenvalue weighted by molar-refractivity contribution is 0.596. The molecular formula is C12H16FN5. The Balaban J connectivity index is 1.96. The van der Waals surface area contributed by atoms with Gasteiger partial charge in [0.05, 0.1) is 5.69 Å². The molecule has 0 saturated carbocycles. The first-order valence-electron chi connectivity index (χ1n) is 5.92. The average Bonchev–Trinajstić information content (AvgIpc) is 2.77. The Morgan fingerprint density at radius 2 is 2.22 bits per heavy atom. The van der Waals surface area contributed by atoms with Crippen LogP contribution < -0.4 is 5.32 Å². The number of aromatic nitrogens is 4. The SMILES string of the molecule is CCc1ncnc(NCCc2ccnn2C)c1F. The van der Waals surface area contributed by atoms with Crippen LogP contribution in [0.4, 0.5) is 10.2 Å². The number of anilines is 1. The van der Waals surface area contributed by atoms with Crippen LogP contribution in [-0.4, -0.2) is 26.3 Å². The molecule has 0 saturated heterocycles. The zero-order valence-electron chi connectivity index (χ0n) is 10.5. The molecule has 0 aliphatic carbocycles. The lowest BCUT2D eigenvalue weighted by atomic mass is 10.3. The van der Waals surface area contributed by atoms with Gasteiger partial charge in [0.2, 0.25) is 0 Å². The number of halogens is 1. The molecule has 2 rings (SSSR count). The van der Waals surface area contributed by atoms with E-state index in [2.05, 4.69) is 20.4 Å². The highest BCUT2D eigenvalue weighted by molar-refractivity contribution is 5.37. The highest BCUT2D eigenvalue weighted by Gasteiger charge is 2.09. The van der Waals surface area contributed by atoms with Crippen LogP contribution >= 0.6 is 0 Å². The number of hydrogen-bond donors (Lipinski definition) is 1. The first-order valence-corrected chi connectivity index (χ1v) is 5.92. The Labute approximate surface area is 105 Å². The molecular weight excluding hydrogens is 233 g/mol. The first-order chi connectivity index (χ1) is 8.72. The van der Waals surface area contributed by atoms with Crippen LogP contribution in [0.15, 0.2) is 18.6 Å². The van der Waals surface area contributed by atoms with E-state index >= 15 is 0 Å². The van der Waals surface area contributed by atoms with Gasteiger partial charge >= 0.3 is 0 Å². The summed E-state index contributed by atoms with van der Waals surface area (Å²) in [5.41, 5.74) is 1.53. The van der Waals surface area contributed by atoms with Gasteiger partial charge in [-0.1, -0.05) is 6.92 Å². The van der Waals surface area contributed by atoms with E-state index in [1.807, 2.05) is 20.0 Å². The minimum Gasteiger partial charge on any atom is -0.367 e. The Morgan fingerprint density at radius 3 is 2.89 bits per heavy atom. The molecule has 0 amide bonds. The van der Waals surface area contributed by atoms with Crippen LogP contribution in [0, 0.1) is 5.82 Å². The molecule has 0 bridgehead atoms. The monoisotopic (exact) mass is 249 g/mol. The molecule has 0 radical (unpaired) electrons. The van der Waals surface area contributed by atoms with E-state index in [4.69, 9.17) is 0 Å². The highest BCUT2D eigenvalue weighted by Crippen LogP contribution is 2.13. The van der Waals surface area contributed by atoms with Crippen LogP contribution in [-0.2, 0) is 19.9 Å². The van der Waals surface area contributed by atoms with Crippen molar-refractivity contribution >= 4 is 5.82 Å². The molecule has 0 aliphatic heterocycles. The summed E-state index contributed by atoms with van der Waals surface area (Å²) in [6.45, 7) is 2.47. The van der Waals surface area contributed by atoms with Crippen molar-refractivity contribution in [3.05, 3.63) is 35.8 Å². The van der Waals surface area contributed by atoms with Crippen molar-refractivity contribution in [1.29, 1.82) is 0 Å². The fourth-order valence-corrected chi connectivity index (χ4v) is 1.73. The molecule has 0 atom stereocenters. The number of nitrogens with zero attached hydrogens (tertiary/aromatic N) is 4. The summed E-state index contributed by atoms with van der Waals surface area (Å²) in [5, 5.41) is 7.06. The van der Waals surface area contributed by atoms with Gasteiger partial charge in [-0.05, 0) is 12.5 Å². The van der Waals surface area contributed by atoms with Gasteiger partial charge < -0.3 is 5.32 Å². The maximum absolute atomic E-state index is 13.8. The van der Waals surface area contributed by atoms with Crippen molar-refractivity contribution < 1.29 is 4.39 Å². The summed E-state index contributed by atoms with van der Waals surface area (Å²) in [6, 6.07) is 1.94. The predicted molar refractivity (Wildman–Crippen MR) is 66.8 cm³/mol. The Hall–Kier alpha value is -1.98. The molecule has 1 N–H and O–H groups in total. The third-order valence-corrected chi connectivity index (χ3v) is 2.79. The van der Waals surface area contributed by atoms with Gasteiger partial charge in [-0.25, -0.2) is 14.4 Å². The number of nitrogens with one attached hydrogen (secondary N) is 1. The van der Waals surface area contributed by atoms with E-state index in [1.54, 1.807) is 10.9 Å². The molecule has 0 aliphatic rings. The van der Waals surface area contributed by atoms with E-state index in [0.717, 1.165) is 12.1 Å². The van der Waals surface area contributed by atoms with Gasteiger partial charge in [-0.3, -0.25) is 4.68 Å². The second kappa shape index (κ2) is 5.57. The van der Waals surface area contributed by atoms with E-state index in [-0.39, 0.29) is 11.6 Å². The topological polar surface area (TPSA) is 55.6 Å². The number of rotatable bonds is 5. The molecule has 18 heavy (non-hydrogen) atoms. The summed E-state index contributed by atoms with van der Waals surface area (Å²) in [6.07, 6.45) is 4.45. The minimum atomic E-state index is -0.356. The maximum Gasteiger partial charge on any atom is 0.186 e. The van der Waals surface area contributed by atoms with Crippen LogP contribution in [0.2, 0.25) is 0 Å². The van der Waals surface area contributed by atoms with Gasteiger partial charge in [0, 0.05) is 31.9 Å². The standard InChI is InChI=1S/C12H16FN5/c1-3-10-11(13)12(16-8-15-10)14-6-4-9-5-7-17-18(9)2/h5,7-8H,3-4,6H2,1-2H3,(H,14,15,16). The van der Waals surface area contributed by atoms with Crippen molar-refractivity contribution in [2.75, 3.05) is 11.9 Å². The van der Waals surface area contributed by atoms with Crippen LogP contribution in [0.3, 0.4) is 0 Å². The van der Waals surface area contributed by atoms with Crippen molar-refractivity contribution in [2.45, 2.75) is 19.8 Å². The molecule has 0 fully saturated rings. The second-order valence-electron chi connectivity index (χ2n) is 3.96. The van der Waals surface area contributed by atoms with Crippen LogP contribution in [0.5, 0.6) is 0 Å². The average molecular weight is 249 g/mol. The molecule has 2 aromatic rings. The predicted octanol–water partition coefficient (Wildman–Crippen LogP) is 1.57. The molecule has 0 aromatic carbocycles. The largest absolute Gasteiger partial charge is 0.367 e. The molecule has 5 nitrogen and oxygen atoms in total. The fraction of sp³-hybridized carbons (Fsp3) is 0.417. The van der Waals surface area contributed by atoms with Crippen LogP contribution in [0.1, 0.15) is 18.3 Å². The molecule has 96 valence electrons. The first kappa shape index (κ1) is 12.5. The number of hydrogen-bond acceptors (Lipinski definition) is 4. The zero-order valence-corrected chi connectivity index (χ0v) is 10.5. The van der Waals surface area contributed by atoms with Gasteiger partial charge in [0.25, 0.3) is 0 Å². The fourth-order valence-electron chi connectivity index (χ4n) is 1.73. The van der Waals surface area contributed by atoms with Gasteiger partial charge in [-0.2, -0.15) is 5.10 Å². The smallest absolute Gasteiger partial charge is 0.186 e. The van der Waals surface area contributed by atoms with E-state index in [1.165, 1.54) is 6.33 Å². The Bertz CT molecular complexity index is 523. The van der Waals surface area contributed by atoms with Crippen molar-refractivity contribution in [1.82, 2.24) is 19.7 Å². The lowest BCUT2D eigenvalue weighted by Gasteiger charge is -2.08. The van der Waals surface area contributed by atoms with Crippen molar-refractivity contribution in [3.8, 4) is 0 Å². The molecule has 0 unspecified atom stereocenters. The molecule has 2 heterocycles.